The molecule has 2 N–H and O–H groups in total. The molecular weight excluding hydrogens is 328 g/mol. The molecule has 0 saturated heterocycles. The van der Waals surface area contributed by atoms with Gasteiger partial charge in [-0.1, -0.05) is 12.1 Å². The zero-order chi connectivity index (χ0) is 17.7. The maximum Gasteiger partial charge on any atom is 0.251 e. The number of aryl methyl sites for hydroxylation is 2. The molecule has 1 amide bonds. The number of hydrogen-bond acceptors (Lipinski definition) is 5. The van der Waals surface area contributed by atoms with E-state index >= 15 is 0 Å². The van der Waals surface area contributed by atoms with E-state index in [0.29, 0.717) is 5.56 Å². The maximum absolute atomic E-state index is 12.2. The fourth-order valence-electron chi connectivity index (χ4n) is 2.13. The van der Waals surface area contributed by atoms with Crippen LogP contribution in [0.3, 0.4) is 0 Å². The van der Waals surface area contributed by atoms with E-state index in [1.165, 1.54) is 0 Å². The van der Waals surface area contributed by atoms with Gasteiger partial charge in [-0.2, -0.15) is 0 Å². The van der Waals surface area contributed by atoms with E-state index in [0.717, 1.165) is 28.9 Å². The molecule has 2 rings (SSSR count). The van der Waals surface area contributed by atoms with E-state index < -0.39 is 10.0 Å². The van der Waals surface area contributed by atoms with Gasteiger partial charge in [0.1, 0.15) is 0 Å². The molecule has 2 aromatic rings. The van der Waals surface area contributed by atoms with Crippen molar-refractivity contribution in [3.63, 3.8) is 0 Å². The zero-order valence-electron chi connectivity index (χ0n) is 13.8. The van der Waals surface area contributed by atoms with E-state index in [1.54, 1.807) is 24.4 Å². The van der Waals surface area contributed by atoms with Gasteiger partial charge in [0.25, 0.3) is 5.91 Å². The summed E-state index contributed by atoms with van der Waals surface area (Å²) in [5, 5.41) is 2.67. The Morgan fingerprint density at radius 1 is 1.21 bits per heavy atom. The molecular formula is C16H20N4O3S. The number of amides is 1. The molecule has 0 fully saturated rings. The smallest absolute Gasteiger partial charge is 0.251 e. The summed E-state index contributed by atoms with van der Waals surface area (Å²) in [6.07, 6.45) is 2.77. The Kier molecular flexibility index (Phi) is 5.63. The van der Waals surface area contributed by atoms with Gasteiger partial charge >= 0.3 is 0 Å². The Morgan fingerprint density at radius 2 is 1.96 bits per heavy atom. The van der Waals surface area contributed by atoms with E-state index in [4.69, 9.17) is 0 Å². The van der Waals surface area contributed by atoms with Crippen molar-refractivity contribution in [2.24, 2.45) is 0 Å². The molecule has 0 saturated carbocycles. The minimum absolute atomic E-state index is 0.146. The molecule has 7 nitrogen and oxygen atoms in total. The molecule has 1 aromatic carbocycles. The highest BCUT2D eigenvalue weighted by Gasteiger charge is 2.10. The van der Waals surface area contributed by atoms with Crippen LogP contribution in [0.1, 0.15) is 21.7 Å². The van der Waals surface area contributed by atoms with Crippen LogP contribution in [0.4, 0.5) is 0 Å². The Bertz CT molecular complexity index is 850. The normalized spacial score (nSPS) is 11.3. The van der Waals surface area contributed by atoms with E-state index in [-0.39, 0.29) is 19.0 Å². The number of hydrogen-bond donors (Lipinski definition) is 2. The van der Waals surface area contributed by atoms with E-state index in [1.807, 2.05) is 19.9 Å². The SMILES string of the molecule is Cc1cnc(C)c(-c2cccc(C(=O)NCCNS(C)(=O)=O)c2)n1. The van der Waals surface area contributed by atoms with Crippen LogP contribution in [0.15, 0.2) is 30.5 Å². The number of sulfonamides is 1. The van der Waals surface area contributed by atoms with Crippen LogP contribution >= 0.6 is 0 Å². The summed E-state index contributed by atoms with van der Waals surface area (Å²) in [5.74, 6) is -0.273. The molecule has 0 aliphatic rings. The quantitative estimate of drug-likeness (QED) is 0.760. The minimum Gasteiger partial charge on any atom is -0.351 e. The summed E-state index contributed by atoms with van der Waals surface area (Å²) in [5.41, 5.74) is 3.62. The summed E-state index contributed by atoms with van der Waals surface area (Å²) < 4.78 is 24.3. The Balaban J connectivity index is 2.10. The topological polar surface area (TPSA) is 101 Å². The summed E-state index contributed by atoms with van der Waals surface area (Å²) in [4.78, 5) is 20.9. The van der Waals surface area contributed by atoms with Gasteiger partial charge in [0.2, 0.25) is 10.0 Å². The fraction of sp³-hybridized carbons (Fsp3) is 0.312. The van der Waals surface area contributed by atoms with Crippen molar-refractivity contribution in [1.82, 2.24) is 20.0 Å². The zero-order valence-corrected chi connectivity index (χ0v) is 14.6. The average Bonchev–Trinajstić information content (AvgIpc) is 2.53. The third-order valence-corrected chi connectivity index (χ3v) is 3.98. The molecule has 128 valence electrons. The number of rotatable bonds is 6. The van der Waals surface area contributed by atoms with Crippen LogP contribution in [0.2, 0.25) is 0 Å². The molecule has 0 aliphatic carbocycles. The van der Waals surface area contributed by atoms with Crippen LogP contribution in [0.5, 0.6) is 0 Å². The highest BCUT2D eigenvalue weighted by molar-refractivity contribution is 7.88. The predicted octanol–water partition coefficient (Wildman–Crippen LogP) is 1.04. The molecule has 0 unspecified atom stereocenters. The molecule has 0 aliphatic heterocycles. The van der Waals surface area contributed by atoms with Gasteiger partial charge in [-0.3, -0.25) is 9.78 Å². The molecule has 8 heteroatoms. The Labute approximate surface area is 141 Å². The molecule has 1 aromatic heterocycles. The number of carbonyl (C=O) groups is 1. The fourth-order valence-corrected chi connectivity index (χ4v) is 2.61. The predicted molar refractivity (Wildman–Crippen MR) is 92.1 cm³/mol. The van der Waals surface area contributed by atoms with Crippen molar-refractivity contribution < 1.29 is 13.2 Å². The maximum atomic E-state index is 12.2. The van der Waals surface area contributed by atoms with Crippen molar-refractivity contribution in [2.45, 2.75) is 13.8 Å². The molecule has 0 radical (unpaired) electrons. The molecule has 24 heavy (non-hydrogen) atoms. The molecule has 0 spiro atoms. The first-order chi connectivity index (χ1) is 11.3. The van der Waals surface area contributed by atoms with Gasteiger partial charge in [0, 0.05) is 30.4 Å². The average molecular weight is 348 g/mol. The first kappa shape index (κ1) is 18.0. The van der Waals surface area contributed by atoms with Gasteiger partial charge in [-0.25, -0.2) is 18.1 Å². The lowest BCUT2D eigenvalue weighted by Gasteiger charge is -2.09. The number of benzene rings is 1. The van der Waals surface area contributed by atoms with Crippen LogP contribution in [0, 0.1) is 13.8 Å². The van der Waals surface area contributed by atoms with Crippen LogP contribution in [0.25, 0.3) is 11.3 Å². The Hall–Kier alpha value is -2.32. The number of carbonyl (C=O) groups excluding carboxylic acids is 1. The van der Waals surface area contributed by atoms with Crippen LogP contribution in [-0.2, 0) is 10.0 Å². The van der Waals surface area contributed by atoms with Crippen LogP contribution < -0.4 is 10.0 Å². The standard InChI is InChI=1S/C16H20N4O3S/c1-11-10-18-12(2)15(20-11)13-5-4-6-14(9-13)16(21)17-7-8-19-24(3,22)23/h4-6,9-10,19H,7-8H2,1-3H3,(H,17,21). The summed E-state index contributed by atoms with van der Waals surface area (Å²) in [6.45, 7) is 4.08. The Morgan fingerprint density at radius 3 is 2.67 bits per heavy atom. The van der Waals surface area contributed by atoms with E-state index in [2.05, 4.69) is 20.0 Å². The third-order valence-electron chi connectivity index (χ3n) is 3.25. The minimum atomic E-state index is -3.25. The van der Waals surface area contributed by atoms with Crippen LogP contribution in [-0.4, -0.2) is 43.6 Å². The van der Waals surface area contributed by atoms with Crippen molar-refractivity contribution in [3.8, 4) is 11.3 Å². The second kappa shape index (κ2) is 7.50. The first-order valence-corrected chi connectivity index (χ1v) is 9.29. The highest BCUT2D eigenvalue weighted by Crippen LogP contribution is 2.21. The second-order valence-electron chi connectivity index (χ2n) is 5.45. The first-order valence-electron chi connectivity index (χ1n) is 7.40. The second-order valence-corrected chi connectivity index (χ2v) is 7.28. The van der Waals surface area contributed by atoms with Crippen molar-refractivity contribution >= 4 is 15.9 Å². The summed E-state index contributed by atoms with van der Waals surface area (Å²) in [6, 6.07) is 7.10. The molecule has 1 heterocycles. The lowest BCUT2D eigenvalue weighted by Crippen LogP contribution is -2.34. The van der Waals surface area contributed by atoms with Crippen molar-refractivity contribution in [3.05, 3.63) is 47.4 Å². The molecule has 0 bridgehead atoms. The van der Waals surface area contributed by atoms with Gasteiger partial charge in [-0.05, 0) is 26.0 Å². The number of aromatic nitrogens is 2. The number of nitrogens with zero attached hydrogens (tertiary/aromatic N) is 2. The van der Waals surface area contributed by atoms with Gasteiger partial charge in [0.15, 0.2) is 0 Å². The van der Waals surface area contributed by atoms with Gasteiger partial charge in [-0.15, -0.1) is 0 Å². The summed E-state index contributed by atoms with van der Waals surface area (Å²) in [7, 11) is -3.25. The third kappa shape index (κ3) is 5.10. The van der Waals surface area contributed by atoms with E-state index in [9.17, 15) is 13.2 Å². The van der Waals surface area contributed by atoms with Gasteiger partial charge in [0.05, 0.1) is 23.3 Å². The van der Waals surface area contributed by atoms with Gasteiger partial charge < -0.3 is 5.32 Å². The lowest BCUT2D eigenvalue weighted by atomic mass is 10.1. The molecule has 0 atom stereocenters. The highest BCUT2D eigenvalue weighted by atomic mass is 32.2. The van der Waals surface area contributed by atoms with Crippen molar-refractivity contribution in [2.75, 3.05) is 19.3 Å². The van der Waals surface area contributed by atoms with Crippen molar-refractivity contribution in [1.29, 1.82) is 0 Å². The number of nitrogens with one attached hydrogen (secondary N) is 2. The monoisotopic (exact) mass is 348 g/mol. The summed E-state index contributed by atoms with van der Waals surface area (Å²) >= 11 is 0. The largest absolute Gasteiger partial charge is 0.351 e. The lowest BCUT2D eigenvalue weighted by molar-refractivity contribution is 0.0954.